The molecule has 3 N–H and O–H groups in total. The van der Waals surface area contributed by atoms with Crippen LogP contribution in [0.5, 0.6) is 0 Å². The lowest BCUT2D eigenvalue weighted by Crippen LogP contribution is -2.38. The van der Waals surface area contributed by atoms with Gasteiger partial charge in [-0.3, -0.25) is 11.3 Å². The lowest BCUT2D eigenvalue weighted by molar-refractivity contribution is 0.220. The molecule has 0 aliphatic heterocycles. The van der Waals surface area contributed by atoms with Gasteiger partial charge in [-0.2, -0.15) is 0 Å². The van der Waals surface area contributed by atoms with Crippen LogP contribution in [-0.4, -0.2) is 6.04 Å². The molecular formula is C13H26N2. The molecule has 2 atom stereocenters. The molecule has 0 aromatic carbocycles. The van der Waals surface area contributed by atoms with Crippen LogP contribution in [0.2, 0.25) is 0 Å². The highest BCUT2D eigenvalue weighted by atomic mass is 15.2. The van der Waals surface area contributed by atoms with E-state index in [2.05, 4.69) is 45.0 Å². The average Bonchev–Trinajstić information content (AvgIpc) is 2.14. The van der Waals surface area contributed by atoms with Crippen LogP contribution in [0.1, 0.15) is 53.9 Å². The van der Waals surface area contributed by atoms with Gasteiger partial charge in [-0.15, -0.1) is 11.8 Å². The van der Waals surface area contributed by atoms with Gasteiger partial charge in [-0.05, 0) is 31.1 Å². The molecule has 0 saturated carbocycles. The lowest BCUT2D eigenvalue weighted by Gasteiger charge is -2.30. The van der Waals surface area contributed by atoms with E-state index in [9.17, 15) is 0 Å². The maximum atomic E-state index is 5.55. The van der Waals surface area contributed by atoms with Crippen LogP contribution in [0, 0.1) is 23.2 Å². The highest BCUT2D eigenvalue weighted by Gasteiger charge is 2.22. The molecule has 0 aromatic heterocycles. The summed E-state index contributed by atoms with van der Waals surface area (Å²) in [4.78, 5) is 0. The first-order valence-corrected chi connectivity index (χ1v) is 5.77. The molecule has 88 valence electrons. The molecule has 2 nitrogen and oxygen atoms in total. The van der Waals surface area contributed by atoms with Crippen LogP contribution in [-0.2, 0) is 0 Å². The van der Waals surface area contributed by atoms with Crippen molar-refractivity contribution in [2.45, 2.75) is 59.9 Å². The van der Waals surface area contributed by atoms with E-state index < -0.39 is 0 Å². The lowest BCUT2D eigenvalue weighted by atomic mass is 9.78. The molecule has 2 heteroatoms. The number of hydrogen-bond donors (Lipinski definition) is 2. The summed E-state index contributed by atoms with van der Waals surface area (Å²) in [5, 5.41) is 0. The van der Waals surface area contributed by atoms with Gasteiger partial charge in [-0.1, -0.05) is 27.7 Å². The van der Waals surface area contributed by atoms with Crippen molar-refractivity contribution >= 4 is 0 Å². The van der Waals surface area contributed by atoms with E-state index >= 15 is 0 Å². The fourth-order valence-corrected chi connectivity index (χ4v) is 1.42. The zero-order valence-electron chi connectivity index (χ0n) is 10.9. The number of nitrogens with two attached hydrogens (primary N) is 1. The van der Waals surface area contributed by atoms with Crippen molar-refractivity contribution in [1.29, 1.82) is 0 Å². The Morgan fingerprint density at radius 1 is 1.33 bits per heavy atom. The maximum Gasteiger partial charge on any atom is 0.0222 e. The Morgan fingerprint density at radius 2 is 1.93 bits per heavy atom. The van der Waals surface area contributed by atoms with Crippen LogP contribution < -0.4 is 11.3 Å². The van der Waals surface area contributed by atoms with E-state index in [1.165, 1.54) is 0 Å². The predicted octanol–water partition coefficient (Wildman–Crippen LogP) is 2.69. The summed E-state index contributed by atoms with van der Waals surface area (Å²) in [6.45, 7) is 11.0. The summed E-state index contributed by atoms with van der Waals surface area (Å²) < 4.78 is 0. The molecule has 0 rings (SSSR count). The third-order valence-corrected chi connectivity index (χ3v) is 3.15. The van der Waals surface area contributed by atoms with Gasteiger partial charge in [0, 0.05) is 12.5 Å². The van der Waals surface area contributed by atoms with Crippen molar-refractivity contribution in [2.75, 3.05) is 0 Å². The third kappa shape index (κ3) is 6.54. The standard InChI is InChI=1S/C13H26N2/c1-6-7-8-9-12(15-14)10-11(2)13(3,4)5/h11-12,15H,8-10,14H2,1-5H3. The van der Waals surface area contributed by atoms with E-state index in [0.717, 1.165) is 19.3 Å². The van der Waals surface area contributed by atoms with Gasteiger partial charge >= 0.3 is 0 Å². The zero-order chi connectivity index (χ0) is 11.9. The van der Waals surface area contributed by atoms with Gasteiger partial charge in [0.2, 0.25) is 0 Å². The monoisotopic (exact) mass is 210 g/mol. The van der Waals surface area contributed by atoms with Gasteiger partial charge in [0.05, 0.1) is 0 Å². The molecule has 0 aliphatic rings. The minimum atomic E-state index is 0.353. The molecule has 0 aromatic rings. The number of rotatable bonds is 5. The zero-order valence-corrected chi connectivity index (χ0v) is 10.9. The third-order valence-electron chi connectivity index (χ3n) is 3.15. The molecule has 0 heterocycles. The topological polar surface area (TPSA) is 38.0 Å². The fraction of sp³-hybridized carbons (Fsp3) is 0.846. The van der Waals surface area contributed by atoms with Crippen LogP contribution in [0.25, 0.3) is 0 Å². The van der Waals surface area contributed by atoms with E-state index in [0.29, 0.717) is 17.4 Å². The van der Waals surface area contributed by atoms with Crippen molar-refractivity contribution in [3.63, 3.8) is 0 Å². The minimum absolute atomic E-state index is 0.353. The highest BCUT2D eigenvalue weighted by molar-refractivity contribution is 4.95. The predicted molar refractivity (Wildman–Crippen MR) is 67.0 cm³/mol. The average molecular weight is 210 g/mol. The molecule has 0 radical (unpaired) electrons. The molecule has 0 aliphatic carbocycles. The highest BCUT2D eigenvalue weighted by Crippen LogP contribution is 2.29. The summed E-state index contributed by atoms with van der Waals surface area (Å²) in [5.41, 5.74) is 3.25. The second kappa shape index (κ2) is 6.87. The Hall–Kier alpha value is -0.520. The van der Waals surface area contributed by atoms with Crippen LogP contribution in [0.15, 0.2) is 0 Å². The summed E-state index contributed by atoms with van der Waals surface area (Å²) in [7, 11) is 0. The number of hydrogen-bond acceptors (Lipinski definition) is 2. The van der Waals surface area contributed by atoms with Crippen LogP contribution in [0.3, 0.4) is 0 Å². The van der Waals surface area contributed by atoms with Crippen molar-refractivity contribution in [2.24, 2.45) is 17.2 Å². The second-order valence-corrected chi connectivity index (χ2v) is 5.33. The van der Waals surface area contributed by atoms with Crippen molar-refractivity contribution < 1.29 is 0 Å². The van der Waals surface area contributed by atoms with Crippen molar-refractivity contribution in [1.82, 2.24) is 5.43 Å². The molecule has 0 bridgehead atoms. The molecule has 0 fully saturated rings. The van der Waals surface area contributed by atoms with Gasteiger partial charge < -0.3 is 0 Å². The summed E-state index contributed by atoms with van der Waals surface area (Å²) >= 11 is 0. The van der Waals surface area contributed by atoms with Gasteiger partial charge in [0.1, 0.15) is 0 Å². The van der Waals surface area contributed by atoms with Gasteiger partial charge in [0.25, 0.3) is 0 Å². The fourth-order valence-electron chi connectivity index (χ4n) is 1.42. The minimum Gasteiger partial charge on any atom is -0.271 e. The molecule has 0 spiro atoms. The Morgan fingerprint density at radius 3 is 2.33 bits per heavy atom. The molecule has 15 heavy (non-hydrogen) atoms. The Kier molecular flexibility index (Phi) is 6.63. The first-order chi connectivity index (χ1) is 6.91. The van der Waals surface area contributed by atoms with E-state index in [4.69, 9.17) is 5.84 Å². The Labute approximate surface area is 95.0 Å². The molecule has 0 saturated heterocycles. The SMILES string of the molecule is CC#CCCC(CC(C)C(C)(C)C)NN. The molecular weight excluding hydrogens is 184 g/mol. The quantitative estimate of drug-likeness (QED) is 0.416. The van der Waals surface area contributed by atoms with Gasteiger partial charge in [0.15, 0.2) is 0 Å². The molecule has 0 amide bonds. The first kappa shape index (κ1) is 14.5. The van der Waals surface area contributed by atoms with Crippen molar-refractivity contribution in [3.8, 4) is 11.8 Å². The van der Waals surface area contributed by atoms with Gasteiger partial charge in [-0.25, -0.2) is 0 Å². The maximum absolute atomic E-state index is 5.55. The summed E-state index contributed by atoms with van der Waals surface area (Å²) in [6.07, 6.45) is 3.09. The largest absolute Gasteiger partial charge is 0.271 e. The van der Waals surface area contributed by atoms with Crippen molar-refractivity contribution in [3.05, 3.63) is 0 Å². The first-order valence-electron chi connectivity index (χ1n) is 5.77. The number of nitrogens with one attached hydrogen (secondary N) is 1. The van der Waals surface area contributed by atoms with Crippen LogP contribution >= 0.6 is 0 Å². The smallest absolute Gasteiger partial charge is 0.0222 e. The Balaban J connectivity index is 4.02. The number of hydrazine groups is 1. The van der Waals surface area contributed by atoms with E-state index in [1.807, 2.05) is 6.92 Å². The second-order valence-electron chi connectivity index (χ2n) is 5.33. The normalized spacial score (nSPS) is 15.3. The molecule has 2 unspecified atom stereocenters. The summed E-state index contributed by atoms with van der Waals surface area (Å²) in [6, 6.07) is 0.389. The summed E-state index contributed by atoms with van der Waals surface area (Å²) in [5.74, 6) is 12.2. The van der Waals surface area contributed by atoms with E-state index in [1.54, 1.807) is 0 Å². The Bertz CT molecular complexity index is 217. The van der Waals surface area contributed by atoms with E-state index in [-0.39, 0.29) is 0 Å². The van der Waals surface area contributed by atoms with Crippen LogP contribution in [0.4, 0.5) is 0 Å².